The molecule has 1 aromatic heterocycles. The Morgan fingerprint density at radius 2 is 2.20 bits per heavy atom. The van der Waals surface area contributed by atoms with E-state index in [1.807, 2.05) is 11.3 Å². The largest absolute Gasteiger partial charge is 0.395 e. The van der Waals surface area contributed by atoms with E-state index in [0.29, 0.717) is 12.6 Å². The molecule has 80 valence electrons. The van der Waals surface area contributed by atoms with E-state index in [4.69, 9.17) is 5.11 Å². The number of aliphatic hydroxyl groups is 1. The van der Waals surface area contributed by atoms with E-state index in [0.717, 1.165) is 0 Å². The summed E-state index contributed by atoms with van der Waals surface area (Å²) < 4.78 is 1.32. The molecule has 0 aliphatic heterocycles. The zero-order valence-corrected chi connectivity index (χ0v) is 9.55. The third kappa shape index (κ3) is 2.37. The molecular weight excluding hydrogens is 206 g/mol. The topological polar surface area (TPSA) is 32.3 Å². The van der Waals surface area contributed by atoms with Crippen molar-refractivity contribution in [2.75, 3.05) is 13.2 Å². The molecule has 1 atom stereocenters. The smallest absolute Gasteiger partial charge is 0.0556 e. The molecule has 0 radical (unpaired) electrons. The number of benzene rings is 1. The maximum absolute atomic E-state index is 8.74. The first-order valence-corrected chi connectivity index (χ1v) is 5.95. The van der Waals surface area contributed by atoms with Gasteiger partial charge in [-0.05, 0) is 24.4 Å². The van der Waals surface area contributed by atoms with Gasteiger partial charge in [-0.3, -0.25) is 0 Å². The van der Waals surface area contributed by atoms with Gasteiger partial charge in [0, 0.05) is 22.2 Å². The molecule has 1 aromatic carbocycles. The molecule has 0 spiro atoms. The standard InChI is InChI=1S/C12H15NOS/c1-9(13-6-7-14)12-8-10-4-2-3-5-11(10)15-12/h2-5,8-9,13-14H,6-7H2,1H3. The van der Waals surface area contributed by atoms with E-state index in [2.05, 4.69) is 42.6 Å². The second-order valence-corrected chi connectivity index (χ2v) is 4.70. The van der Waals surface area contributed by atoms with Crippen LogP contribution in [0.25, 0.3) is 10.1 Å². The van der Waals surface area contributed by atoms with Gasteiger partial charge in [0.25, 0.3) is 0 Å². The molecule has 0 amide bonds. The Labute approximate surface area is 93.6 Å². The van der Waals surface area contributed by atoms with Crippen molar-refractivity contribution in [3.8, 4) is 0 Å². The Morgan fingerprint density at radius 1 is 1.40 bits per heavy atom. The van der Waals surface area contributed by atoms with Gasteiger partial charge >= 0.3 is 0 Å². The molecule has 15 heavy (non-hydrogen) atoms. The van der Waals surface area contributed by atoms with Gasteiger partial charge in [0.05, 0.1) is 6.61 Å². The molecular formula is C12H15NOS. The summed E-state index contributed by atoms with van der Waals surface area (Å²) in [6.45, 7) is 2.96. The average Bonchev–Trinajstić information content (AvgIpc) is 2.69. The van der Waals surface area contributed by atoms with Crippen LogP contribution in [0.2, 0.25) is 0 Å². The van der Waals surface area contributed by atoms with Gasteiger partial charge in [-0.15, -0.1) is 11.3 Å². The van der Waals surface area contributed by atoms with Gasteiger partial charge in [-0.2, -0.15) is 0 Å². The van der Waals surface area contributed by atoms with Crippen molar-refractivity contribution in [3.05, 3.63) is 35.2 Å². The van der Waals surface area contributed by atoms with Crippen molar-refractivity contribution in [2.24, 2.45) is 0 Å². The molecule has 0 aliphatic carbocycles. The fraction of sp³-hybridized carbons (Fsp3) is 0.333. The van der Waals surface area contributed by atoms with Crippen LogP contribution in [0.3, 0.4) is 0 Å². The van der Waals surface area contributed by atoms with Crippen molar-refractivity contribution in [2.45, 2.75) is 13.0 Å². The Balaban J connectivity index is 2.20. The fourth-order valence-electron chi connectivity index (χ4n) is 1.60. The second-order valence-electron chi connectivity index (χ2n) is 3.59. The van der Waals surface area contributed by atoms with Gasteiger partial charge in [0.1, 0.15) is 0 Å². The Bertz CT molecular complexity index is 405. The molecule has 0 saturated carbocycles. The summed E-state index contributed by atoms with van der Waals surface area (Å²) in [5, 5.41) is 13.3. The molecule has 2 aromatic rings. The van der Waals surface area contributed by atoms with Crippen molar-refractivity contribution < 1.29 is 5.11 Å². The van der Waals surface area contributed by atoms with Crippen LogP contribution < -0.4 is 5.32 Å². The Kier molecular flexibility index (Phi) is 3.36. The molecule has 2 N–H and O–H groups in total. The summed E-state index contributed by atoms with van der Waals surface area (Å²) in [6.07, 6.45) is 0. The van der Waals surface area contributed by atoms with E-state index >= 15 is 0 Å². The van der Waals surface area contributed by atoms with Crippen molar-refractivity contribution >= 4 is 21.4 Å². The molecule has 0 fully saturated rings. The van der Waals surface area contributed by atoms with Crippen LogP contribution in [0.1, 0.15) is 17.8 Å². The lowest BCUT2D eigenvalue weighted by atomic mass is 10.2. The first kappa shape index (κ1) is 10.6. The zero-order valence-electron chi connectivity index (χ0n) is 8.73. The van der Waals surface area contributed by atoms with Crippen LogP contribution in [0.5, 0.6) is 0 Å². The zero-order chi connectivity index (χ0) is 10.7. The van der Waals surface area contributed by atoms with Crippen molar-refractivity contribution in [1.82, 2.24) is 5.32 Å². The Morgan fingerprint density at radius 3 is 2.93 bits per heavy atom. The first-order valence-electron chi connectivity index (χ1n) is 5.14. The summed E-state index contributed by atoms with van der Waals surface area (Å²) in [4.78, 5) is 1.32. The quantitative estimate of drug-likeness (QED) is 0.831. The number of fused-ring (bicyclic) bond motifs is 1. The summed E-state index contributed by atoms with van der Waals surface area (Å²) in [5.41, 5.74) is 0. The van der Waals surface area contributed by atoms with Crippen LogP contribution in [0.4, 0.5) is 0 Å². The first-order chi connectivity index (χ1) is 7.31. The highest BCUT2D eigenvalue weighted by molar-refractivity contribution is 7.19. The fourth-order valence-corrected chi connectivity index (χ4v) is 2.69. The highest BCUT2D eigenvalue weighted by Gasteiger charge is 2.07. The van der Waals surface area contributed by atoms with E-state index in [1.54, 1.807) is 0 Å². The third-order valence-electron chi connectivity index (χ3n) is 2.43. The SMILES string of the molecule is CC(NCCO)c1cc2ccccc2s1. The van der Waals surface area contributed by atoms with Crippen molar-refractivity contribution in [1.29, 1.82) is 0 Å². The minimum absolute atomic E-state index is 0.190. The predicted molar refractivity (Wildman–Crippen MR) is 65.3 cm³/mol. The maximum atomic E-state index is 8.74. The van der Waals surface area contributed by atoms with Crippen LogP contribution >= 0.6 is 11.3 Å². The average molecular weight is 221 g/mol. The van der Waals surface area contributed by atoms with Crippen LogP contribution in [-0.4, -0.2) is 18.3 Å². The van der Waals surface area contributed by atoms with Gasteiger partial charge in [0.2, 0.25) is 0 Å². The summed E-state index contributed by atoms with van der Waals surface area (Å²) in [6, 6.07) is 10.9. The molecule has 2 nitrogen and oxygen atoms in total. The maximum Gasteiger partial charge on any atom is 0.0556 e. The highest BCUT2D eigenvalue weighted by Crippen LogP contribution is 2.29. The monoisotopic (exact) mass is 221 g/mol. The molecule has 3 heteroatoms. The van der Waals surface area contributed by atoms with Gasteiger partial charge in [-0.1, -0.05) is 18.2 Å². The molecule has 1 unspecified atom stereocenters. The number of hydrogen-bond acceptors (Lipinski definition) is 3. The van der Waals surface area contributed by atoms with E-state index in [9.17, 15) is 0 Å². The summed E-state index contributed by atoms with van der Waals surface area (Å²) in [7, 11) is 0. The number of hydrogen-bond donors (Lipinski definition) is 2. The van der Waals surface area contributed by atoms with Gasteiger partial charge < -0.3 is 10.4 Å². The minimum atomic E-state index is 0.190. The number of thiophene rings is 1. The molecule has 2 rings (SSSR count). The van der Waals surface area contributed by atoms with E-state index < -0.39 is 0 Å². The van der Waals surface area contributed by atoms with Crippen molar-refractivity contribution in [3.63, 3.8) is 0 Å². The van der Waals surface area contributed by atoms with Gasteiger partial charge in [-0.25, -0.2) is 0 Å². The number of aliphatic hydroxyl groups excluding tert-OH is 1. The molecule has 1 heterocycles. The predicted octanol–water partition coefficient (Wildman–Crippen LogP) is 2.54. The number of nitrogens with one attached hydrogen (secondary N) is 1. The minimum Gasteiger partial charge on any atom is -0.395 e. The lowest BCUT2D eigenvalue weighted by Gasteiger charge is -2.09. The third-order valence-corrected chi connectivity index (χ3v) is 3.73. The second kappa shape index (κ2) is 4.75. The lowest BCUT2D eigenvalue weighted by Crippen LogP contribution is -2.21. The van der Waals surface area contributed by atoms with Crippen LogP contribution in [0, 0.1) is 0 Å². The van der Waals surface area contributed by atoms with Crippen LogP contribution in [-0.2, 0) is 0 Å². The molecule has 0 saturated heterocycles. The highest BCUT2D eigenvalue weighted by atomic mass is 32.1. The Hall–Kier alpha value is -0.900. The van der Waals surface area contributed by atoms with Gasteiger partial charge in [0.15, 0.2) is 0 Å². The van der Waals surface area contributed by atoms with E-state index in [1.165, 1.54) is 15.0 Å². The summed E-state index contributed by atoms with van der Waals surface area (Å²) in [5.74, 6) is 0. The van der Waals surface area contributed by atoms with Crippen LogP contribution in [0.15, 0.2) is 30.3 Å². The number of rotatable bonds is 4. The molecule has 0 aliphatic rings. The lowest BCUT2D eigenvalue weighted by molar-refractivity contribution is 0.286. The normalized spacial score (nSPS) is 13.2. The molecule has 0 bridgehead atoms. The van der Waals surface area contributed by atoms with E-state index in [-0.39, 0.29) is 6.61 Å². The summed E-state index contributed by atoms with van der Waals surface area (Å²) >= 11 is 1.81.